The predicted octanol–water partition coefficient (Wildman–Crippen LogP) is 1.92. The lowest BCUT2D eigenvalue weighted by Crippen LogP contribution is -2.52. The molecule has 134 valence electrons. The molecular weight excluding hydrogens is 284 g/mol. The average Bonchev–Trinajstić information content (AvgIpc) is 2.64. The molecule has 4 heteroatoms. The molecule has 3 aliphatic heterocycles. The van der Waals surface area contributed by atoms with Crippen molar-refractivity contribution in [3.05, 3.63) is 0 Å². The smallest absolute Gasteiger partial charge is 0.0120 e. The third kappa shape index (κ3) is 6.00. The Balaban J connectivity index is 1.20. The van der Waals surface area contributed by atoms with Crippen molar-refractivity contribution in [2.75, 3.05) is 58.9 Å². The molecular formula is C19H38N4. The quantitative estimate of drug-likeness (QED) is 0.701. The lowest BCUT2D eigenvalue weighted by molar-refractivity contribution is 0.0810. The van der Waals surface area contributed by atoms with Crippen LogP contribution in [0.25, 0.3) is 0 Å². The number of piperidine rings is 2. The second-order valence-corrected chi connectivity index (χ2v) is 7.90. The van der Waals surface area contributed by atoms with Crippen LogP contribution >= 0.6 is 0 Å². The summed E-state index contributed by atoms with van der Waals surface area (Å²) in [5.74, 6) is 1.02. The van der Waals surface area contributed by atoms with Gasteiger partial charge in [0.15, 0.2) is 0 Å². The summed E-state index contributed by atoms with van der Waals surface area (Å²) in [4.78, 5) is 5.47. The molecule has 0 radical (unpaired) electrons. The van der Waals surface area contributed by atoms with Crippen molar-refractivity contribution >= 4 is 0 Å². The topological polar surface area (TPSA) is 30.5 Å². The van der Waals surface area contributed by atoms with Crippen LogP contribution in [-0.4, -0.2) is 74.7 Å². The van der Waals surface area contributed by atoms with Crippen molar-refractivity contribution < 1.29 is 0 Å². The van der Waals surface area contributed by atoms with Gasteiger partial charge in [-0.1, -0.05) is 19.3 Å². The van der Waals surface area contributed by atoms with E-state index in [0.29, 0.717) is 0 Å². The summed E-state index contributed by atoms with van der Waals surface area (Å²) in [5, 5.41) is 6.96. The van der Waals surface area contributed by atoms with E-state index in [1.54, 1.807) is 0 Å². The molecule has 0 amide bonds. The molecule has 3 heterocycles. The first-order chi connectivity index (χ1) is 11.4. The Hall–Kier alpha value is -0.160. The van der Waals surface area contributed by atoms with Gasteiger partial charge in [-0.3, -0.25) is 4.90 Å². The molecule has 3 rings (SSSR count). The van der Waals surface area contributed by atoms with Crippen molar-refractivity contribution in [3.8, 4) is 0 Å². The summed E-state index contributed by atoms with van der Waals surface area (Å²) in [6.45, 7) is 11.5. The Morgan fingerprint density at radius 3 is 2.04 bits per heavy atom. The zero-order valence-corrected chi connectivity index (χ0v) is 15.1. The Kier molecular flexibility index (Phi) is 7.66. The Bertz CT molecular complexity index is 302. The molecule has 0 saturated carbocycles. The van der Waals surface area contributed by atoms with Crippen LogP contribution in [0.15, 0.2) is 0 Å². The summed E-state index contributed by atoms with van der Waals surface area (Å²) in [6, 6.07) is 0.864. The molecule has 2 N–H and O–H groups in total. The van der Waals surface area contributed by atoms with E-state index >= 15 is 0 Å². The zero-order chi connectivity index (χ0) is 15.7. The molecule has 0 aliphatic carbocycles. The summed E-state index contributed by atoms with van der Waals surface area (Å²) >= 11 is 0. The first-order valence-corrected chi connectivity index (χ1v) is 10.3. The van der Waals surface area contributed by atoms with E-state index in [-0.39, 0.29) is 0 Å². The fraction of sp³-hybridized carbons (Fsp3) is 1.00. The molecule has 0 spiro atoms. The number of unbranched alkanes of at least 4 members (excludes halogenated alkanes) is 2. The SMILES string of the molecule is C(CCC1CCNCC1)CCN1CCN(C2CCNCC2)CC1. The van der Waals surface area contributed by atoms with Crippen LogP contribution in [0.2, 0.25) is 0 Å². The molecule has 0 aromatic heterocycles. The fourth-order valence-corrected chi connectivity index (χ4v) is 4.64. The summed E-state index contributed by atoms with van der Waals surface area (Å²) in [6.07, 6.45) is 11.3. The van der Waals surface area contributed by atoms with Crippen molar-refractivity contribution in [1.29, 1.82) is 0 Å². The monoisotopic (exact) mass is 322 g/mol. The number of piperazine rings is 1. The second kappa shape index (κ2) is 9.97. The van der Waals surface area contributed by atoms with Crippen molar-refractivity contribution in [1.82, 2.24) is 20.4 Å². The normalized spacial score (nSPS) is 26.6. The van der Waals surface area contributed by atoms with Crippen LogP contribution in [0, 0.1) is 5.92 Å². The predicted molar refractivity (Wildman–Crippen MR) is 98.0 cm³/mol. The van der Waals surface area contributed by atoms with Gasteiger partial charge in [0.1, 0.15) is 0 Å². The average molecular weight is 323 g/mol. The summed E-state index contributed by atoms with van der Waals surface area (Å²) in [7, 11) is 0. The standard InChI is InChI=1S/C19H38N4/c1(2-4-18-5-9-20-10-6-18)3-13-22-14-16-23(17-15-22)19-7-11-21-12-8-19/h18-21H,1-17H2. The van der Waals surface area contributed by atoms with Gasteiger partial charge in [-0.2, -0.15) is 0 Å². The Morgan fingerprint density at radius 1 is 0.696 bits per heavy atom. The fourth-order valence-electron chi connectivity index (χ4n) is 4.64. The zero-order valence-electron chi connectivity index (χ0n) is 15.1. The van der Waals surface area contributed by atoms with Gasteiger partial charge < -0.3 is 15.5 Å². The molecule has 0 aromatic carbocycles. The highest BCUT2D eigenvalue weighted by molar-refractivity contribution is 4.82. The van der Waals surface area contributed by atoms with Crippen molar-refractivity contribution in [2.24, 2.45) is 5.92 Å². The molecule has 0 atom stereocenters. The number of nitrogens with one attached hydrogen (secondary N) is 2. The van der Waals surface area contributed by atoms with Gasteiger partial charge in [0.05, 0.1) is 0 Å². The molecule has 3 fully saturated rings. The highest BCUT2D eigenvalue weighted by Crippen LogP contribution is 2.19. The highest BCUT2D eigenvalue weighted by Gasteiger charge is 2.24. The summed E-state index contributed by atoms with van der Waals surface area (Å²) < 4.78 is 0. The maximum Gasteiger partial charge on any atom is 0.0120 e. The van der Waals surface area contributed by atoms with Gasteiger partial charge in [-0.25, -0.2) is 0 Å². The number of hydrogen-bond donors (Lipinski definition) is 2. The minimum absolute atomic E-state index is 0.864. The minimum atomic E-state index is 0.864. The molecule has 4 nitrogen and oxygen atoms in total. The van der Waals surface area contributed by atoms with E-state index in [1.165, 1.54) is 110 Å². The van der Waals surface area contributed by atoms with Crippen LogP contribution in [0.1, 0.15) is 51.4 Å². The van der Waals surface area contributed by atoms with Crippen LogP contribution in [0.4, 0.5) is 0 Å². The van der Waals surface area contributed by atoms with E-state index < -0.39 is 0 Å². The Labute approximate surface area is 143 Å². The van der Waals surface area contributed by atoms with Gasteiger partial charge in [-0.05, 0) is 70.7 Å². The Morgan fingerprint density at radius 2 is 1.35 bits per heavy atom. The van der Waals surface area contributed by atoms with Crippen LogP contribution in [-0.2, 0) is 0 Å². The summed E-state index contributed by atoms with van der Waals surface area (Å²) in [5.41, 5.74) is 0. The first kappa shape index (κ1) is 17.7. The molecule has 23 heavy (non-hydrogen) atoms. The van der Waals surface area contributed by atoms with Crippen LogP contribution < -0.4 is 10.6 Å². The van der Waals surface area contributed by atoms with E-state index in [4.69, 9.17) is 0 Å². The highest BCUT2D eigenvalue weighted by atomic mass is 15.3. The van der Waals surface area contributed by atoms with Crippen molar-refractivity contribution in [3.63, 3.8) is 0 Å². The molecule has 0 bridgehead atoms. The van der Waals surface area contributed by atoms with Gasteiger partial charge >= 0.3 is 0 Å². The van der Waals surface area contributed by atoms with E-state index in [1.807, 2.05) is 0 Å². The molecule has 3 aliphatic rings. The van der Waals surface area contributed by atoms with Crippen LogP contribution in [0.5, 0.6) is 0 Å². The van der Waals surface area contributed by atoms with Crippen molar-refractivity contribution in [2.45, 2.75) is 57.4 Å². The molecule has 3 saturated heterocycles. The third-order valence-corrected chi connectivity index (χ3v) is 6.28. The molecule has 0 aromatic rings. The molecule has 0 unspecified atom stereocenters. The third-order valence-electron chi connectivity index (χ3n) is 6.28. The van der Waals surface area contributed by atoms with Gasteiger partial charge in [0, 0.05) is 32.2 Å². The minimum Gasteiger partial charge on any atom is -0.317 e. The largest absolute Gasteiger partial charge is 0.317 e. The van der Waals surface area contributed by atoms with Gasteiger partial charge in [0.2, 0.25) is 0 Å². The van der Waals surface area contributed by atoms with E-state index in [9.17, 15) is 0 Å². The van der Waals surface area contributed by atoms with Crippen LogP contribution in [0.3, 0.4) is 0 Å². The lowest BCUT2D eigenvalue weighted by atomic mass is 9.92. The maximum atomic E-state index is 3.49. The number of rotatable bonds is 7. The van der Waals surface area contributed by atoms with E-state index in [2.05, 4.69) is 20.4 Å². The number of hydrogen-bond acceptors (Lipinski definition) is 4. The maximum absolute atomic E-state index is 3.49. The lowest BCUT2D eigenvalue weighted by Gasteiger charge is -2.41. The van der Waals surface area contributed by atoms with Gasteiger partial charge in [-0.15, -0.1) is 0 Å². The van der Waals surface area contributed by atoms with Gasteiger partial charge in [0.25, 0.3) is 0 Å². The second-order valence-electron chi connectivity index (χ2n) is 7.90. The van der Waals surface area contributed by atoms with E-state index in [0.717, 1.165) is 12.0 Å². The first-order valence-electron chi connectivity index (χ1n) is 10.3. The number of nitrogens with zero attached hydrogens (tertiary/aromatic N) is 2.